The lowest BCUT2D eigenvalue weighted by atomic mass is 9.76. The highest BCUT2D eigenvalue weighted by Gasteiger charge is 2.29. The van der Waals surface area contributed by atoms with Crippen LogP contribution in [0.15, 0.2) is 53.0 Å². The summed E-state index contributed by atoms with van der Waals surface area (Å²) in [5.74, 6) is 0.424. The van der Waals surface area contributed by atoms with Gasteiger partial charge in [0.2, 0.25) is 0 Å². The number of benzene rings is 2. The van der Waals surface area contributed by atoms with Crippen molar-refractivity contribution in [2.45, 2.75) is 31.3 Å². The van der Waals surface area contributed by atoms with Crippen LogP contribution in [0.4, 0.5) is 4.39 Å². The van der Waals surface area contributed by atoms with Gasteiger partial charge in [-0.25, -0.2) is 4.39 Å². The maximum atomic E-state index is 12.9. The van der Waals surface area contributed by atoms with Crippen molar-refractivity contribution in [1.82, 2.24) is 5.32 Å². The van der Waals surface area contributed by atoms with Gasteiger partial charge in [-0.05, 0) is 54.2 Å². The van der Waals surface area contributed by atoms with Crippen molar-refractivity contribution < 1.29 is 4.39 Å². The molecule has 3 heteroatoms. The van der Waals surface area contributed by atoms with Crippen LogP contribution in [0.3, 0.4) is 0 Å². The largest absolute Gasteiger partial charge is 0.310 e. The van der Waals surface area contributed by atoms with Gasteiger partial charge in [0.25, 0.3) is 0 Å². The van der Waals surface area contributed by atoms with Gasteiger partial charge in [0.15, 0.2) is 0 Å². The molecule has 1 fully saturated rings. The predicted molar refractivity (Wildman–Crippen MR) is 83.1 cm³/mol. The normalized spacial score (nSPS) is 21.5. The third-order valence-corrected chi connectivity index (χ3v) is 4.46. The predicted octanol–water partition coefficient (Wildman–Crippen LogP) is 4.62. The second-order valence-corrected chi connectivity index (χ2v) is 6.34. The topological polar surface area (TPSA) is 12.0 Å². The van der Waals surface area contributed by atoms with Gasteiger partial charge >= 0.3 is 0 Å². The van der Waals surface area contributed by atoms with Crippen molar-refractivity contribution in [2.24, 2.45) is 0 Å². The Morgan fingerprint density at radius 3 is 2.55 bits per heavy atom. The van der Waals surface area contributed by atoms with E-state index in [0.717, 1.165) is 23.9 Å². The van der Waals surface area contributed by atoms with Crippen LogP contribution in [0.1, 0.15) is 29.9 Å². The van der Waals surface area contributed by atoms with E-state index >= 15 is 0 Å². The minimum absolute atomic E-state index is 0.155. The molecule has 0 heterocycles. The fourth-order valence-electron chi connectivity index (χ4n) is 2.70. The van der Waals surface area contributed by atoms with Gasteiger partial charge in [0.05, 0.1) is 0 Å². The SMILES string of the molecule is Fc1ccc(C2CC(NCc3cccc(Br)c3)C2)cc1. The summed E-state index contributed by atoms with van der Waals surface area (Å²) < 4.78 is 14.0. The van der Waals surface area contributed by atoms with E-state index in [4.69, 9.17) is 0 Å². The van der Waals surface area contributed by atoms with Crippen molar-refractivity contribution in [3.63, 3.8) is 0 Å². The summed E-state index contributed by atoms with van der Waals surface area (Å²) in [6, 6.07) is 15.9. The van der Waals surface area contributed by atoms with Gasteiger partial charge in [0, 0.05) is 17.1 Å². The highest BCUT2D eigenvalue weighted by atomic mass is 79.9. The Morgan fingerprint density at radius 2 is 1.85 bits per heavy atom. The first-order valence-corrected chi connectivity index (χ1v) is 7.73. The fourth-order valence-corrected chi connectivity index (χ4v) is 3.15. The summed E-state index contributed by atoms with van der Waals surface area (Å²) >= 11 is 3.49. The van der Waals surface area contributed by atoms with Gasteiger partial charge in [-0.15, -0.1) is 0 Å². The lowest BCUT2D eigenvalue weighted by molar-refractivity contribution is 0.289. The van der Waals surface area contributed by atoms with Crippen LogP contribution in [-0.4, -0.2) is 6.04 Å². The molecular formula is C17H17BrFN. The number of halogens is 2. The molecule has 2 aromatic carbocycles. The van der Waals surface area contributed by atoms with Crippen molar-refractivity contribution in [1.29, 1.82) is 0 Å². The third kappa shape index (κ3) is 3.28. The molecule has 0 aromatic heterocycles. The molecule has 0 bridgehead atoms. The van der Waals surface area contributed by atoms with Crippen molar-refractivity contribution >= 4 is 15.9 Å². The summed E-state index contributed by atoms with van der Waals surface area (Å²) in [7, 11) is 0. The summed E-state index contributed by atoms with van der Waals surface area (Å²) in [6.07, 6.45) is 2.28. The average molecular weight is 334 g/mol. The maximum Gasteiger partial charge on any atom is 0.123 e. The zero-order valence-corrected chi connectivity index (χ0v) is 12.7. The van der Waals surface area contributed by atoms with Crippen LogP contribution in [0, 0.1) is 5.82 Å². The molecule has 0 unspecified atom stereocenters. The monoisotopic (exact) mass is 333 g/mol. The summed E-state index contributed by atoms with van der Waals surface area (Å²) in [5, 5.41) is 3.58. The highest BCUT2D eigenvalue weighted by Crippen LogP contribution is 2.36. The van der Waals surface area contributed by atoms with Crippen molar-refractivity contribution in [3.8, 4) is 0 Å². The molecule has 1 N–H and O–H groups in total. The second kappa shape index (κ2) is 6.06. The van der Waals surface area contributed by atoms with Crippen LogP contribution in [0.2, 0.25) is 0 Å². The molecular weight excluding hydrogens is 317 g/mol. The molecule has 20 heavy (non-hydrogen) atoms. The van der Waals surface area contributed by atoms with Crippen LogP contribution in [0.5, 0.6) is 0 Å². The quantitative estimate of drug-likeness (QED) is 0.860. The molecule has 3 rings (SSSR count). The minimum Gasteiger partial charge on any atom is -0.310 e. The molecule has 0 saturated heterocycles. The zero-order chi connectivity index (χ0) is 13.9. The highest BCUT2D eigenvalue weighted by molar-refractivity contribution is 9.10. The molecule has 1 nitrogen and oxygen atoms in total. The second-order valence-electron chi connectivity index (χ2n) is 5.43. The molecule has 104 valence electrons. The maximum absolute atomic E-state index is 12.9. The standard InChI is InChI=1S/C17H17BrFN/c18-15-3-1-2-12(8-15)11-20-17-9-14(10-17)13-4-6-16(19)7-5-13/h1-8,14,17,20H,9-11H2. The summed E-state index contributed by atoms with van der Waals surface area (Å²) in [5.41, 5.74) is 2.55. The van der Waals surface area contributed by atoms with Crippen LogP contribution < -0.4 is 5.32 Å². The molecule has 0 atom stereocenters. The minimum atomic E-state index is -0.155. The lowest BCUT2D eigenvalue weighted by Crippen LogP contribution is -2.39. The Balaban J connectivity index is 1.48. The van der Waals surface area contributed by atoms with Gasteiger partial charge in [0.1, 0.15) is 5.82 Å². The summed E-state index contributed by atoms with van der Waals surface area (Å²) in [4.78, 5) is 0. The van der Waals surface area contributed by atoms with Crippen LogP contribution >= 0.6 is 15.9 Å². The zero-order valence-electron chi connectivity index (χ0n) is 11.2. The number of nitrogens with one attached hydrogen (secondary N) is 1. The Morgan fingerprint density at radius 1 is 1.10 bits per heavy atom. The first-order chi connectivity index (χ1) is 9.70. The lowest BCUT2D eigenvalue weighted by Gasteiger charge is -2.36. The van der Waals surface area contributed by atoms with Gasteiger partial charge in [-0.1, -0.05) is 40.2 Å². The molecule has 0 spiro atoms. The number of hydrogen-bond donors (Lipinski definition) is 1. The number of rotatable bonds is 4. The van der Waals surface area contributed by atoms with Crippen LogP contribution in [-0.2, 0) is 6.54 Å². The fraction of sp³-hybridized carbons (Fsp3) is 0.294. The van der Waals surface area contributed by atoms with E-state index in [1.807, 2.05) is 18.2 Å². The molecule has 1 saturated carbocycles. The molecule has 0 radical (unpaired) electrons. The van der Waals surface area contributed by atoms with Gasteiger partial charge in [-0.3, -0.25) is 0 Å². The smallest absolute Gasteiger partial charge is 0.123 e. The van der Waals surface area contributed by atoms with E-state index in [0.29, 0.717) is 12.0 Å². The first kappa shape index (κ1) is 13.8. The van der Waals surface area contributed by atoms with E-state index < -0.39 is 0 Å². The Hall–Kier alpha value is -1.19. The van der Waals surface area contributed by atoms with E-state index in [1.165, 1.54) is 11.1 Å². The van der Waals surface area contributed by atoms with Gasteiger partial charge < -0.3 is 5.32 Å². The van der Waals surface area contributed by atoms with E-state index in [-0.39, 0.29) is 5.82 Å². The van der Waals surface area contributed by atoms with Crippen LogP contribution in [0.25, 0.3) is 0 Å². The average Bonchev–Trinajstić information content (AvgIpc) is 2.39. The first-order valence-electron chi connectivity index (χ1n) is 6.94. The number of hydrogen-bond acceptors (Lipinski definition) is 1. The summed E-state index contributed by atoms with van der Waals surface area (Å²) in [6.45, 7) is 0.903. The van der Waals surface area contributed by atoms with E-state index in [1.54, 1.807) is 12.1 Å². The van der Waals surface area contributed by atoms with E-state index in [2.05, 4.69) is 39.4 Å². The third-order valence-electron chi connectivity index (χ3n) is 3.96. The van der Waals surface area contributed by atoms with E-state index in [9.17, 15) is 4.39 Å². The molecule has 1 aliphatic rings. The Labute approximate surface area is 127 Å². The van der Waals surface area contributed by atoms with Crippen molar-refractivity contribution in [3.05, 3.63) is 69.9 Å². The Kier molecular flexibility index (Phi) is 4.18. The molecule has 0 aliphatic heterocycles. The van der Waals surface area contributed by atoms with Gasteiger partial charge in [-0.2, -0.15) is 0 Å². The molecule has 0 amide bonds. The molecule has 2 aromatic rings. The Bertz CT molecular complexity index is 576. The molecule has 1 aliphatic carbocycles. The van der Waals surface area contributed by atoms with Crippen molar-refractivity contribution in [2.75, 3.05) is 0 Å².